The van der Waals surface area contributed by atoms with E-state index in [1.54, 1.807) is 0 Å². The molecule has 2 aromatic carbocycles. The van der Waals surface area contributed by atoms with Crippen LogP contribution in [0, 0.1) is 5.82 Å². The van der Waals surface area contributed by atoms with Gasteiger partial charge >= 0.3 is 0 Å². The van der Waals surface area contributed by atoms with Crippen LogP contribution in [0.2, 0.25) is 0 Å². The summed E-state index contributed by atoms with van der Waals surface area (Å²) in [4.78, 5) is 2.12. The van der Waals surface area contributed by atoms with Crippen LogP contribution >= 0.6 is 0 Å². The van der Waals surface area contributed by atoms with E-state index in [4.69, 9.17) is 0 Å². The second kappa shape index (κ2) is 6.20. The van der Waals surface area contributed by atoms with Crippen LogP contribution in [-0.2, 0) is 5.60 Å². The maximum absolute atomic E-state index is 13.7. The Morgan fingerprint density at radius 3 is 2.70 bits per heavy atom. The summed E-state index contributed by atoms with van der Waals surface area (Å²) in [6, 6.07) is 11.3. The summed E-state index contributed by atoms with van der Waals surface area (Å²) in [5.74, 6) is -0.549. The zero-order valence-corrected chi connectivity index (χ0v) is 13.3. The Hall–Kier alpha value is -2.07. The van der Waals surface area contributed by atoms with Crippen molar-refractivity contribution in [3.05, 3.63) is 59.4 Å². The van der Waals surface area contributed by atoms with E-state index in [9.17, 15) is 14.6 Å². The van der Waals surface area contributed by atoms with Crippen LogP contribution in [0.5, 0.6) is 5.75 Å². The summed E-state index contributed by atoms with van der Waals surface area (Å²) in [6.07, 6.45) is 3.29. The molecule has 0 saturated carbocycles. The molecule has 0 radical (unpaired) electrons. The van der Waals surface area contributed by atoms with Gasteiger partial charge in [0, 0.05) is 23.4 Å². The number of unbranched alkanes of at least 4 members (excludes halogenated alkanes) is 2. The molecular weight excluding hydrogens is 293 g/mol. The van der Waals surface area contributed by atoms with Gasteiger partial charge in [0.25, 0.3) is 0 Å². The summed E-state index contributed by atoms with van der Waals surface area (Å²) in [5, 5.41) is 21.4. The highest BCUT2D eigenvalue weighted by molar-refractivity contribution is 5.65. The number of nitrogens with zero attached hydrogens (tertiary/aromatic N) is 1. The molecule has 2 aromatic rings. The van der Waals surface area contributed by atoms with E-state index in [1.807, 2.05) is 24.3 Å². The van der Waals surface area contributed by atoms with E-state index < -0.39 is 11.4 Å². The van der Waals surface area contributed by atoms with Crippen LogP contribution in [0.4, 0.5) is 10.1 Å². The molecule has 23 heavy (non-hydrogen) atoms. The number of aromatic hydroxyl groups is 1. The minimum atomic E-state index is -1.39. The Morgan fingerprint density at radius 2 is 1.91 bits per heavy atom. The third-order valence-electron chi connectivity index (χ3n) is 4.55. The number of hydrogen-bond acceptors (Lipinski definition) is 3. The largest absolute Gasteiger partial charge is 0.508 e. The smallest absolute Gasteiger partial charge is 0.138 e. The first-order valence-corrected chi connectivity index (χ1v) is 8.12. The molecule has 1 aliphatic rings. The summed E-state index contributed by atoms with van der Waals surface area (Å²) >= 11 is 0. The topological polar surface area (TPSA) is 43.7 Å². The normalized spacial score (nSPS) is 19.9. The summed E-state index contributed by atoms with van der Waals surface area (Å²) in [6.45, 7) is 3.31. The maximum atomic E-state index is 13.7. The fraction of sp³-hybridized carbons (Fsp3) is 0.368. The minimum Gasteiger partial charge on any atom is -0.508 e. The second-order valence-corrected chi connectivity index (χ2v) is 6.17. The first kappa shape index (κ1) is 15.8. The number of anilines is 1. The second-order valence-electron chi connectivity index (χ2n) is 6.17. The van der Waals surface area contributed by atoms with E-state index in [1.165, 1.54) is 18.2 Å². The fourth-order valence-corrected chi connectivity index (χ4v) is 3.37. The van der Waals surface area contributed by atoms with Gasteiger partial charge in [0.15, 0.2) is 0 Å². The molecule has 0 bridgehead atoms. The highest BCUT2D eigenvalue weighted by Gasteiger charge is 2.43. The molecule has 3 rings (SSSR count). The quantitative estimate of drug-likeness (QED) is 0.825. The van der Waals surface area contributed by atoms with Gasteiger partial charge in [0.1, 0.15) is 17.2 Å². The number of para-hydroxylation sites is 1. The summed E-state index contributed by atoms with van der Waals surface area (Å²) in [5.41, 5.74) is 0.504. The van der Waals surface area contributed by atoms with Crippen molar-refractivity contribution in [1.29, 1.82) is 0 Å². The number of phenolic OH excluding ortho intramolecular Hbond substituents is 1. The van der Waals surface area contributed by atoms with Gasteiger partial charge in [-0.2, -0.15) is 0 Å². The zero-order valence-electron chi connectivity index (χ0n) is 13.3. The molecule has 1 unspecified atom stereocenters. The van der Waals surface area contributed by atoms with Gasteiger partial charge in [-0.15, -0.1) is 0 Å². The molecule has 3 nitrogen and oxygen atoms in total. The monoisotopic (exact) mass is 315 g/mol. The van der Waals surface area contributed by atoms with Crippen molar-refractivity contribution < 1.29 is 14.6 Å². The third kappa shape index (κ3) is 2.79. The molecule has 4 heteroatoms. The van der Waals surface area contributed by atoms with Crippen LogP contribution in [0.25, 0.3) is 0 Å². The molecule has 0 aromatic heterocycles. The van der Waals surface area contributed by atoms with Crippen LogP contribution in [0.1, 0.15) is 37.3 Å². The third-order valence-corrected chi connectivity index (χ3v) is 4.55. The number of fused-ring (bicyclic) bond motifs is 1. The highest BCUT2D eigenvalue weighted by atomic mass is 19.1. The molecule has 0 saturated heterocycles. The predicted octanol–water partition coefficient (Wildman–Crippen LogP) is 3.78. The number of benzene rings is 2. The lowest BCUT2D eigenvalue weighted by molar-refractivity contribution is 0.0946. The Bertz CT molecular complexity index is 704. The number of rotatable bonds is 5. The average Bonchev–Trinajstić information content (AvgIpc) is 2.84. The first-order valence-electron chi connectivity index (χ1n) is 8.12. The van der Waals surface area contributed by atoms with Crippen LogP contribution < -0.4 is 4.90 Å². The Labute approximate surface area is 136 Å². The van der Waals surface area contributed by atoms with Crippen LogP contribution in [0.3, 0.4) is 0 Å². The molecule has 0 amide bonds. The van der Waals surface area contributed by atoms with E-state index in [-0.39, 0.29) is 11.3 Å². The van der Waals surface area contributed by atoms with Crippen molar-refractivity contribution in [2.45, 2.75) is 31.8 Å². The van der Waals surface area contributed by atoms with Crippen molar-refractivity contribution in [1.82, 2.24) is 0 Å². The van der Waals surface area contributed by atoms with Crippen molar-refractivity contribution in [3.8, 4) is 5.75 Å². The molecule has 122 valence electrons. The van der Waals surface area contributed by atoms with Crippen LogP contribution in [0.15, 0.2) is 42.5 Å². The van der Waals surface area contributed by atoms with Crippen LogP contribution in [-0.4, -0.2) is 23.3 Å². The van der Waals surface area contributed by atoms with Crippen molar-refractivity contribution >= 4 is 5.69 Å². The number of hydrogen-bond donors (Lipinski definition) is 2. The van der Waals surface area contributed by atoms with Gasteiger partial charge in [0.2, 0.25) is 0 Å². The molecular formula is C19H22FNO2. The molecule has 1 aliphatic heterocycles. The molecule has 0 spiro atoms. The minimum absolute atomic E-state index is 0.0842. The Kier molecular flexibility index (Phi) is 4.26. The molecule has 1 atom stereocenters. The Morgan fingerprint density at radius 1 is 1.13 bits per heavy atom. The molecule has 2 N–H and O–H groups in total. The Balaban J connectivity index is 2.01. The fourth-order valence-electron chi connectivity index (χ4n) is 3.37. The number of aliphatic hydroxyl groups is 1. The number of β-amino-alcohol motifs (C(OH)–C–C–N with tert-alkyl or cyclic N) is 1. The van der Waals surface area contributed by atoms with E-state index in [0.717, 1.165) is 37.1 Å². The summed E-state index contributed by atoms with van der Waals surface area (Å²) < 4.78 is 13.7. The van der Waals surface area contributed by atoms with Gasteiger partial charge in [0.05, 0.1) is 6.54 Å². The van der Waals surface area contributed by atoms with Gasteiger partial charge in [-0.05, 0) is 30.7 Å². The average molecular weight is 315 g/mol. The maximum Gasteiger partial charge on any atom is 0.138 e. The van der Waals surface area contributed by atoms with E-state index in [2.05, 4.69) is 11.8 Å². The predicted molar refractivity (Wildman–Crippen MR) is 89.2 cm³/mol. The SMILES string of the molecule is CCCCCN1CC(O)(c2cc(F)ccc2O)c2ccccc21. The zero-order chi connectivity index (χ0) is 16.4. The molecule has 0 aliphatic carbocycles. The van der Waals surface area contributed by atoms with Gasteiger partial charge in [-0.1, -0.05) is 38.0 Å². The lowest BCUT2D eigenvalue weighted by atomic mass is 9.87. The van der Waals surface area contributed by atoms with Crippen molar-refractivity contribution in [2.75, 3.05) is 18.0 Å². The molecule has 0 fully saturated rings. The summed E-state index contributed by atoms with van der Waals surface area (Å²) in [7, 11) is 0. The van der Waals surface area contributed by atoms with Crippen molar-refractivity contribution in [3.63, 3.8) is 0 Å². The number of halogens is 1. The lowest BCUT2D eigenvalue weighted by Gasteiger charge is -2.26. The number of phenols is 1. The lowest BCUT2D eigenvalue weighted by Crippen LogP contribution is -2.35. The highest BCUT2D eigenvalue weighted by Crippen LogP contribution is 2.45. The van der Waals surface area contributed by atoms with Gasteiger partial charge < -0.3 is 15.1 Å². The van der Waals surface area contributed by atoms with Gasteiger partial charge in [-0.25, -0.2) is 4.39 Å². The molecule has 1 heterocycles. The van der Waals surface area contributed by atoms with Crippen molar-refractivity contribution in [2.24, 2.45) is 0 Å². The standard InChI is InChI=1S/C19H22FNO2/c1-2-3-6-11-21-13-19(23,15-7-4-5-8-17(15)21)16-12-14(20)9-10-18(16)22/h4-5,7-10,12,22-23H,2-3,6,11,13H2,1H3. The first-order chi connectivity index (χ1) is 11.1. The van der Waals surface area contributed by atoms with E-state index >= 15 is 0 Å². The van der Waals surface area contributed by atoms with E-state index in [0.29, 0.717) is 6.54 Å². The van der Waals surface area contributed by atoms with Gasteiger partial charge in [-0.3, -0.25) is 0 Å².